The molecule has 1 atom stereocenters. The Hall–Kier alpha value is -3.64. The first-order valence-electron chi connectivity index (χ1n) is 9.54. The minimum Gasteiger partial charge on any atom is -0.507 e. The summed E-state index contributed by atoms with van der Waals surface area (Å²) in [5, 5.41) is 11.6. The average molecular weight is 435 g/mol. The van der Waals surface area contributed by atoms with E-state index in [9.17, 15) is 14.7 Å². The van der Waals surface area contributed by atoms with Crippen molar-refractivity contribution in [3.05, 3.63) is 94.3 Å². The van der Waals surface area contributed by atoms with Gasteiger partial charge < -0.3 is 9.84 Å². The largest absolute Gasteiger partial charge is 0.507 e. The predicted molar refractivity (Wildman–Crippen MR) is 118 cm³/mol. The molecule has 2 aromatic carbocycles. The number of aliphatic hydroxyl groups is 1. The number of methoxy groups -OCH3 is 1. The zero-order valence-electron chi connectivity index (χ0n) is 16.9. The van der Waals surface area contributed by atoms with Crippen LogP contribution in [0.2, 0.25) is 5.02 Å². The highest BCUT2D eigenvalue weighted by Crippen LogP contribution is 2.43. The fourth-order valence-electron chi connectivity index (χ4n) is 3.75. The van der Waals surface area contributed by atoms with Crippen molar-refractivity contribution in [2.24, 2.45) is 0 Å². The average Bonchev–Trinajstić information content (AvgIpc) is 3.04. The quantitative estimate of drug-likeness (QED) is 0.366. The number of hydrogen-bond acceptors (Lipinski definition) is 5. The Balaban J connectivity index is 1.99. The van der Waals surface area contributed by atoms with E-state index < -0.39 is 17.7 Å². The number of halogens is 1. The monoisotopic (exact) mass is 434 g/mol. The van der Waals surface area contributed by atoms with Gasteiger partial charge in [0.1, 0.15) is 11.5 Å². The second-order valence-electron chi connectivity index (χ2n) is 7.13. The van der Waals surface area contributed by atoms with E-state index in [-0.39, 0.29) is 16.9 Å². The first-order chi connectivity index (χ1) is 14.9. The topological polar surface area (TPSA) is 79.7 Å². The lowest BCUT2D eigenvalue weighted by Crippen LogP contribution is -2.29. The number of aryl methyl sites for hydroxylation is 1. The number of amides is 1. The van der Waals surface area contributed by atoms with Gasteiger partial charge in [0.25, 0.3) is 11.7 Å². The van der Waals surface area contributed by atoms with Gasteiger partial charge in [0, 0.05) is 23.1 Å². The maximum Gasteiger partial charge on any atom is 0.300 e. The Morgan fingerprint density at radius 1 is 1.10 bits per heavy atom. The molecule has 0 spiro atoms. The molecule has 1 unspecified atom stereocenters. The van der Waals surface area contributed by atoms with Crippen molar-refractivity contribution in [3.8, 4) is 5.75 Å². The standard InChI is InChI=1S/C24H19ClN2O4/c1-14-4-3-5-17(12-14)27-21(15-8-10-26-11-9-15)20(23(29)24(27)30)22(28)18-13-16(25)6-7-19(18)31-2/h3-13,21,28H,1-2H3/b22-20+. The molecule has 2 heterocycles. The molecule has 7 heteroatoms. The summed E-state index contributed by atoms with van der Waals surface area (Å²) < 4.78 is 5.34. The van der Waals surface area contributed by atoms with Gasteiger partial charge in [0.15, 0.2) is 0 Å². The van der Waals surface area contributed by atoms with Crippen LogP contribution in [0.5, 0.6) is 5.75 Å². The predicted octanol–water partition coefficient (Wildman–Crippen LogP) is 4.68. The Kier molecular flexibility index (Phi) is 5.48. The summed E-state index contributed by atoms with van der Waals surface area (Å²) in [5.74, 6) is -1.54. The van der Waals surface area contributed by atoms with Crippen LogP contribution in [0.15, 0.2) is 72.6 Å². The normalized spacial score (nSPS) is 17.8. The molecule has 1 amide bonds. The third kappa shape index (κ3) is 3.66. The summed E-state index contributed by atoms with van der Waals surface area (Å²) in [6.45, 7) is 1.90. The van der Waals surface area contributed by atoms with E-state index in [1.165, 1.54) is 18.1 Å². The number of ether oxygens (including phenoxy) is 1. The minimum absolute atomic E-state index is 0.0433. The van der Waals surface area contributed by atoms with Gasteiger partial charge in [-0.05, 0) is 60.5 Å². The highest BCUT2D eigenvalue weighted by Gasteiger charge is 2.47. The van der Waals surface area contributed by atoms with Gasteiger partial charge in [0.05, 0.1) is 24.3 Å². The summed E-state index contributed by atoms with van der Waals surface area (Å²) >= 11 is 6.13. The molecular weight excluding hydrogens is 416 g/mol. The molecule has 4 rings (SSSR count). The first kappa shape index (κ1) is 20.6. The molecule has 1 fully saturated rings. The van der Waals surface area contributed by atoms with Crippen molar-refractivity contribution in [1.82, 2.24) is 4.98 Å². The maximum absolute atomic E-state index is 13.2. The smallest absolute Gasteiger partial charge is 0.300 e. The zero-order valence-corrected chi connectivity index (χ0v) is 17.6. The van der Waals surface area contributed by atoms with E-state index in [0.717, 1.165) is 5.56 Å². The van der Waals surface area contributed by atoms with Crippen molar-refractivity contribution in [3.63, 3.8) is 0 Å². The minimum atomic E-state index is -0.839. The summed E-state index contributed by atoms with van der Waals surface area (Å²) in [4.78, 5) is 31.7. The number of aliphatic hydroxyl groups excluding tert-OH is 1. The molecule has 1 aliphatic rings. The van der Waals surface area contributed by atoms with Crippen LogP contribution >= 0.6 is 11.6 Å². The molecule has 156 valence electrons. The van der Waals surface area contributed by atoms with Gasteiger partial charge in [-0.2, -0.15) is 0 Å². The fraction of sp³-hybridized carbons (Fsp3) is 0.125. The van der Waals surface area contributed by atoms with Crippen molar-refractivity contribution < 1.29 is 19.4 Å². The van der Waals surface area contributed by atoms with Crippen LogP contribution in [0.25, 0.3) is 5.76 Å². The van der Waals surface area contributed by atoms with Gasteiger partial charge in [-0.3, -0.25) is 19.5 Å². The van der Waals surface area contributed by atoms with Crippen molar-refractivity contribution in [2.45, 2.75) is 13.0 Å². The van der Waals surface area contributed by atoms with Crippen LogP contribution in [-0.2, 0) is 9.59 Å². The Morgan fingerprint density at radius 3 is 2.52 bits per heavy atom. The van der Waals surface area contributed by atoms with Crippen LogP contribution in [0.4, 0.5) is 5.69 Å². The van der Waals surface area contributed by atoms with Crippen molar-refractivity contribution >= 4 is 34.7 Å². The maximum atomic E-state index is 13.2. The van der Waals surface area contributed by atoms with Crippen LogP contribution in [0, 0.1) is 6.92 Å². The van der Waals surface area contributed by atoms with Crippen molar-refractivity contribution in [2.75, 3.05) is 12.0 Å². The lowest BCUT2D eigenvalue weighted by atomic mass is 9.95. The number of anilines is 1. The molecule has 1 aliphatic heterocycles. The van der Waals surface area contributed by atoms with Gasteiger partial charge in [-0.15, -0.1) is 0 Å². The molecule has 3 aromatic rings. The van der Waals surface area contributed by atoms with Crippen LogP contribution < -0.4 is 9.64 Å². The van der Waals surface area contributed by atoms with E-state index in [4.69, 9.17) is 16.3 Å². The number of ketones is 1. The molecule has 1 N–H and O–H groups in total. The highest BCUT2D eigenvalue weighted by atomic mass is 35.5. The number of carbonyl (C=O) groups excluding carboxylic acids is 2. The molecule has 6 nitrogen and oxygen atoms in total. The number of benzene rings is 2. The summed E-state index contributed by atoms with van der Waals surface area (Å²) in [6, 6.07) is 14.6. The number of carbonyl (C=O) groups is 2. The fourth-order valence-corrected chi connectivity index (χ4v) is 3.92. The number of rotatable bonds is 4. The van der Waals surface area contributed by atoms with E-state index in [2.05, 4.69) is 4.98 Å². The van der Waals surface area contributed by atoms with Gasteiger partial charge in [0.2, 0.25) is 0 Å². The molecular formula is C24H19ClN2O4. The first-order valence-corrected chi connectivity index (χ1v) is 9.91. The number of pyridine rings is 1. The molecule has 0 radical (unpaired) electrons. The Labute approximate surface area is 184 Å². The molecule has 1 aromatic heterocycles. The summed E-state index contributed by atoms with van der Waals surface area (Å²) in [7, 11) is 1.45. The van der Waals surface area contributed by atoms with E-state index in [1.54, 1.807) is 42.7 Å². The van der Waals surface area contributed by atoms with Gasteiger partial charge >= 0.3 is 0 Å². The number of hydrogen-bond donors (Lipinski definition) is 1. The molecule has 1 saturated heterocycles. The lowest BCUT2D eigenvalue weighted by Gasteiger charge is -2.25. The van der Waals surface area contributed by atoms with Crippen LogP contribution in [0.1, 0.15) is 22.7 Å². The molecule has 31 heavy (non-hydrogen) atoms. The van der Waals surface area contributed by atoms with Gasteiger partial charge in [-0.25, -0.2) is 0 Å². The third-order valence-electron chi connectivity index (χ3n) is 5.16. The van der Waals surface area contributed by atoms with E-state index in [1.807, 2.05) is 25.1 Å². The van der Waals surface area contributed by atoms with Crippen molar-refractivity contribution in [1.29, 1.82) is 0 Å². The SMILES string of the molecule is COc1ccc(Cl)cc1/C(O)=C1\C(=O)C(=O)N(c2cccc(C)c2)C1c1ccncc1. The highest BCUT2D eigenvalue weighted by molar-refractivity contribution is 6.51. The lowest BCUT2D eigenvalue weighted by molar-refractivity contribution is -0.132. The summed E-state index contributed by atoms with van der Waals surface area (Å²) in [5.41, 5.74) is 2.32. The van der Waals surface area contributed by atoms with Crippen LogP contribution in [-0.4, -0.2) is 28.9 Å². The van der Waals surface area contributed by atoms with E-state index >= 15 is 0 Å². The summed E-state index contributed by atoms with van der Waals surface area (Å²) in [6.07, 6.45) is 3.15. The van der Waals surface area contributed by atoms with E-state index in [0.29, 0.717) is 22.0 Å². The Bertz CT molecular complexity index is 1210. The Morgan fingerprint density at radius 2 is 1.84 bits per heavy atom. The molecule has 0 saturated carbocycles. The number of Topliss-reactive ketones (excluding diaryl/α,β-unsaturated/α-hetero) is 1. The number of nitrogens with zero attached hydrogens (tertiary/aromatic N) is 2. The molecule has 0 aliphatic carbocycles. The zero-order chi connectivity index (χ0) is 22.1. The second-order valence-corrected chi connectivity index (χ2v) is 7.57. The second kappa shape index (κ2) is 8.24. The number of aromatic nitrogens is 1. The molecule has 0 bridgehead atoms. The third-order valence-corrected chi connectivity index (χ3v) is 5.40. The van der Waals surface area contributed by atoms with Gasteiger partial charge in [-0.1, -0.05) is 23.7 Å². The van der Waals surface area contributed by atoms with Crippen LogP contribution in [0.3, 0.4) is 0 Å².